The second-order valence-electron chi connectivity index (χ2n) is 1.89. The Morgan fingerprint density at radius 3 is 1.89 bits per heavy atom. The average molecular weight is 133 g/mol. The van der Waals surface area contributed by atoms with Crippen molar-refractivity contribution in [1.29, 1.82) is 0 Å². The minimum absolute atomic E-state index is 0.292. The summed E-state index contributed by atoms with van der Waals surface area (Å²) in [7, 11) is 1.87. The highest BCUT2D eigenvalue weighted by atomic mass is 16.3. The lowest BCUT2D eigenvalue weighted by atomic mass is 10.5. The Bertz CT molecular complexity index is 28.1. The summed E-state index contributed by atoms with van der Waals surface area (Å²) in [5.74, 6) is 0. The van der Waals surface area contributed by atoms with E-state index in [1.807, 2.05) is 7.05 Å². The van der Waals surface area contributed by atoms with Crippen LogP contribution in [0.4, 0.5) is 0 Å². The summed E-state index contributed by atoms with van der Waals surface area (Å²) in [6.45, 7) is 5.46. The van der Waals surface area contributed by atoms with Crippen LogP contribution in [0.1, 0.15) is 26.7 Å². The standard InChI is InChI=1S/C4H11NO.C3H8/c1-5-3-2-4-6;1-3-2/h5-6H,2-4H2,1H3;3H2,1-2H3. The number of rotatable bonds is 3. The fourth-order valence-electron chi connectivity index (χ4n) is 0.256. The first-order valence-corrected chi connectivity index (χ1v) is 3.58. The van der Waals surface area contributed by atoms with Gasteiger partial charge in [-0.3, -0.25) is 0 Å². The van der Waals surface area contributed by atoms with Crippen molar-refractivity contribution >= 4 is 0 Å². The highest BCUT2D eigenvalue weighted by molar-refractivity contribution is 4.34. The first-order valence-electron chi connectivity index (χ1n) is 3.58. The van der Waals surface area contributed by atoms with Crippen molar-refractivity contribution in [2.24, 2.45) is 0 Å². The lowest BCUT2D eigenvalue weighted by molar-refractivity contribution is 0.287. The van der Waals surface area contributed by atoms with Crippen molar-refractivity contribution in [1.82, 2.24) is 5.32 Å². The van der Waals surface area contributed by atoms with E-state index in [0.717, 1.165) is 13.0 Å². The van der Waals surface area contributed by atoms with Gasteiger partial charge in [0.05, 0.1) is 0 Å². The van der Waals surface area contributed by atoms with Gasteiger partial charge in [-0.25, -0.2) is 0 Å². The van der Waals surface area contributed by atoms with Gasteiger partial charge in [0.25, 0.3) is 0 Å². The zero-order chi connectivity index (χ0) is 7.54. The molecule has 0 heterocycles. The zero-order valence-corrected chi connectivity index (χ0v) is 6.78. The molecule has 0 aliphatic heterocycles. The van der Waals surface area contributed by atoms with Crippen molar-refractivity contribution in [3.63, 3.8) is 0 Å². The number of hydrogen-bond donors (Lipinski definition) is 2. The summed E-state index contributed by atoms with van der Waals surface area (Å²) >= 11 is 0. The minimum atomic E-state index is 0.292. The summed E-state index contributed by atoms with van der Waals surface area (Å²) in [4.78, 5) is 0. The Morgan fingerprint density at radius 2 is 1.78 bits per heavy atom. The summed E-state index contributed by atoms with van der Waals surface area (Å²) in [5.41, 5.74) is 0. The Balaban J connectivity index is 0. The summed E-state index contributed by atoms with van der Waals surface area (Å²) in [6.07, 6.45) is 2.11. The maximum Gasteiger partial charge on any atom is 0.0443 e. The van der Waals surface area contributed by atoms with Gasteiger partial charge in [-0.15, -0.1) is 0 Å². The molecule has 0 rings (SSSR count). The zero-order valence-electron chi connectivity index (χ0n) is 6.78. The molecule has 0 spiro atoms. The summed E-state index contributed by atoms with van der Waals surface area (Å²) < 4.78 is 0. The average Bonchev–Trinajstić information content (AvgIpc) is 1.86. The molecule has 0 saturated heterocycles. The monoisotopic (exact) mass is 133 g/mol. The van der Waals surface area contributed by atoms with Crippen LogP contribution in [-0.4, -0.2) is 25.3 Å². The van der Waals surface area contributed by atoms with Gasteiger partial charge in [0, 0.05) is 6.61 Å². The molecule has 0 bridgehead atoms. The molecule has 0 radical (unpaired) electrons. The van der Waals surface area contributed by atoms with Gasteiger partial charge in [0.2, 0.25) is 0 Å². The van der Waals surface area contributed by atoms with Gasteiger partial charge in [0.1, 0.15) is 0 Å². The predicted molar refractivity (Wildman–Crippen MR) is 41.6 cm³/mol. The number of aliphatic hydroxyl groups is 1. The Kier molecular flexibility index (Phi) is 20.3. The van der Waals surface area contributed by atoms with Crippen molar-refractivity contribution in [3.8, 4) is 0 Å². The van der Waals surface area contributed by atoms with Crippen molar-refractivity contribution in [2.75, 3.05) is 20.2 Å². The van der Waals surface area contributed by atoms with Crippen molar-refractivity contribution < 1.29 is 5.11 Å². The lowest BCUT2D eigenvalue weighted by Gasteiger charge is -1.89. The van der Waals surface area contributed by atoms with E-state index in [1.165, 1.54) is 6.42 Å². The number of aliphatic hydroxyl groups excluding tert-OH is 1. The molecular weight excluding hydrogens is 114 g/mol. The van der Waals surface area contributed by atoms with Crippen LogP contribution in [0, 0.1) is 0 Å². The smallest absolute Gasteiger partial charge is 0.0443 e. The molecule has 58 valence electrons. The molecule has 0 aliphatic carbocycles. The Morgan fingerprint density at radius 1 is 1.33 bits per heavy atom. The second kappa shape index (κ2) is 15.7. The van der Waals surface area contributed by atoms with Crippen LogP contribution < -0.4 is 5.32 Å². The first kappa shape index (κ1) is 11.7. The van der Waals surface area contributed by atoms with Crippen LogP contribution in [0.25, 0.3) is 0 Å². The lowest BCUT2D eigenvalue weighted by Crippen LogP contribution is -2.08. The molecule has 0 unspecified atom stereocenters. The highest BCUT2D eigenvalue weighted by Crippen LogP contribution is 1.66. The van der Waals surface area contributed by atoms with E-state index in [0.29, 0.717) is 6.61 Å². The SMILES string of the molecule is CCC.CNCCCO. The van der Waals surface area contributed by atoms with Crippen LogP contribution in [-0.2, 0) is 0 Å². The molecule has 0 aromatic heterocycles. The van der Waals surface area contributed by atoms with E-state index < -0.39 is 0 Å². The molecule has 0 aromatic rings. The van der Waals surface area contributed by atoms with Gasteiger partial charge in [-0.2, -0.15) is 0 Å². The van der Waals surface area contributed by atoms with E-state index in [9.17, 15) is 0 Å². The molecule has 0 atom stereocenters. The normalized spacial score (nSPS) is 8.00. The second-order valence-corrected chi connectivity index (χ2v) is 1.89. The van der Waals surface area contributed by atoms with Gasteiger partial charge < -0.3 is 10.4 Å². The van der Waals surface area contributed by atoms with Gasteiger partial charge in [0.15, 0.2) is 0 Å². The molecule has 2 heteroatoms. The van der Waals surface area contributed by atoms with Crippen LogP contribution in [0.3, 0.4) is 0 Å². The fourth-order valence-corrected chi connectivity index (χ4v) is 0.256. The number of nitrogens with one attached hydrogen (secondary N) is 1. The van der Waals surface area contributed by atoms with E-state index in [1.54, 1.807) is 0 Å². The maximum atomic E-state index is 8.16. The van der Waals surface area contributed by atoms with Crippen LogP contribution in [0.2, 0.25) is 0 Å². The van der Waals surface area contributed by atoms with Gasteiger partial charge >= 0.3 is 0 Å². The van der Waals surface area contributed by atoms with E-state index in [4.69, 9.17) is 5.11 Å². The van der Waals surface area contributed by atoms with Crippen LogP contribution >= 0.6 is 0 Å². The predicted octanol–water partition coefficient (Wildman–Crippen LogP) is 1.00. The maximum absolute atomic E-state index is 8.16. The molecule has 0 saturated carbocycles. The Labute approximate surface area is 58.3 Å². The summed E-state index contributed by atoms with van der Waals surface area (Å²) in [6, 6.07) is 0. The van der Waals surface area contributed by atoms with E-state index in [-0.39, 0.29) is 0 Å². The summed E-state index contributed by atoms with van der Waals surface area (Å²) in [5, 5.41) is 11.1. The third kappa shape index (κ3) is 32.6. The highest BCUT2D eigenvalue weighted by Gasteiger charge is 1.74. The van der Waals surface area contributed by atoms with Gasteiger partial charge in [-0.05, 0) is 20.0 Å². The molecule has 0 fully saturated rings. The minimum Gasteiger partial charge on any atom is -0.396 e. The van der Waals surface area contributed by atoms with Gasteiger partial charge in [-0.1, -0.05) is 20.3 Å². The largest absolute Gasteiger partial charge is 0.396 e. The van der Waals surface area contributed by atoms with Crippen LogP contribution in [0.15, 0.2) is 0 Å². The number of hydrogen-bond acceptors (Lipinski definition) is 2. The Hall–Kier alpha value is -0.0800. The molecule has 0 aliphatic rings. The quantitative estimate of drug-likeness (QED) is 0.563. The molecule has 9 heavy (non-hydrogen) atoms. The van der Waals surface area contributed by atoms with Crippen molar-refractivity contribution in [2.45, 2.75) is 26.7 Å². The van der Waals surface area contributed by atoms with Crippen LogP contribution in [0.5, 0.6) is 0 Å². The van der Waals surface area contributed by atoms with E-state index in [2.05, 4.69) is 19.2 Å². The molecular formula is C7H19NO. The third-order valence-electron chi connectivity index (χ3n) is 0.585. The van der Waals surface area contributed by atoms with Crippen molar-refractivity contribution in [3.05, 3.63) is 0 Å². The fraction of sp³-hybridized carbons (Fsp3) is 1.00. The molecule has 0 aromatic carbocycles. The topological polar surface area (TPSA) is 32.3 Å². The molecule has 2 N–H and O–H groups in total. The van der Waals surface area contributed by atoms with E-state index >= 15 is 0 Å². The third-order valence-corrected chi connectivity index (χ3v) is 0.585. The molecule has 2 nitrogen and oxygen atoms in total. The molecule has 0 amide bonds. The first-order chi connectivity index (χ1) is 4.33.